The number of nitrogens with two attached hydrogens (primary N) is 4. The van der Waals surface area contributed by atoms with E-state index in [1.54, 1.807) is 37.3 Å². The zero-order chi connectivity index (χ0) is 58.7. The van der Waals surface area contributed by atoms with Gasteiger partial charge >= 0.3 is 11.9 Å². The first kappa shape index (κ1) is 67.2. The van der Waals surface area contributed by atoms with Crippen molar-refractivity contribution in [3.05, 3.63) is 71.3 Å². The third-order valence-corrected chi connectivity index (χ3v) is 12.4. The zero-order valence-corrected chi connectivity index (χ0v) is 44.6. The molecule has 9 amide bonds. The van der Waals surface area contributed by atoms with Crippen LogP contribution in [0.15, 0.2) is 54.6 Å². The molecule has 27 nitrogen and oxygen atoms in total. The van der Waals surface area contributed by atoms with Crippen LogP contribution in [0.25, 0.3) is 0 Å². The van der Waals surface area contributed by atoms with Crippen molar-refractivity contribution in [3.63, 3.8) is 0 Å². The minimum absolute atomic E-state index is 0.0139. The van der Waals surface area contributed by atoms with Gasteiger partial charge in [-0.15, -0.1) is 0 Å². The molecule has 436 valence electrons. The summed E-state index contributed by atoms with van der Waals surface area (Å²) in [5.41, 5.74) is 23.4. The van der Waals surface area contributed by atoms with Crippen LogP contribution in [-0.4, -0.2) is 164 Å². The number of carboxylic acid groups (broad SMARTS) is 2. The van der Waals surface area contributed by atoms with Crippen LogP contribution in [0.5, 0.6) is 0 Å². The fourth-order valence-electron chi connectivity index (χ4n) is 7.85. The topological polar surface area (TPSA) is 458 Å². The number of benzene rings is 2. The molecular formula is C52H79N13O14. The van der Waals surface area contributed by atoms with Gasteiger partial charge in [0.25, 0.3) is 5.91 Å². The first-order chi connectivity index (χ1) is 37.8. The summed E-state index contributed by atoms with van der Waals surface area (Å²) in [5.74, 6) is -10.7. The monoisotopic (exact) mass is 1110 g/mol. The molecule has 0 bridgehead atoms. The molecule has 0 fully saturated rings. The van der Waals surface area contributed by atoms with Gasteiger partial charge in [-0.2, -0.15) is 0 Å². The van der Waals surface area contributed by atoms with Crippen LogP contribution in [0.3, 0.4) is 0 Å². The Morgan fingerprint density at radius 1 is 0.494 bits per heavy atom. The maximum Gasteiger partial charge on any atom is 0.326 e. The van der Waals surface area contributed by atoms with Crippen molar-refractivity contribution in [1.82, 2.24) is 47.9 Å². The van der Waals surface area contributed by atoms with Crippen LogP contribution in [0.4, 0.5) is 0 Å². The lowest BCUT2D eigenvalue weighted by Gasteiger charge is -2.27. The molecule has 0 aliphatic rings. The van der Waals surface area contributed by atoms with Crippen molar-refractivity contribution in [1.29, 1.82) is 0 Å². The molecule has 19 N–H and O–H groups in total. The van der Waals surface area contributed by atoms with E-state index in [1.165, 1.54) is 24.3 Å². The van der Waals surface area contributed by atoms with E-state index in [1.807, 2.05) is 0 Å². The molecule has 0 aliphatic carbocycles. The Labute approximate surface area is 458 Å². The maximum atomic E-state index is 13.9. The molecule has 0 saturated heterocycles. The highest BCUT2D eigenvalue weighted by Crippen LogP contribution is 2.20. The van der Waals surface area contributed by atoms with Gasteiger partial charge in [-0.1, -0.05) is 49.4 Å². The van der Waals surface area contributed by atoms with Crippen molar-refractivity contribution in [2.75, 3.05) is 45.8 Å². The number of hydrogen-bond donors (Lipinski definition) is 15. The summed E-state index contributed by atoms with van der Waals surface area (Å²) >= 11 is 0. The molecule has 0 aromatic heterocycles. The first-order valence-electron chi connectivity index (χ1n) is 26.3. The van der Waals surface area contributed by atoms with Gasteiger partial charge in [-0.05, 0) is 114 Å². The quantitative estimate of drug-likeness (QED) is 0.0238. The molecule has 27 heteroatoms. The normalized spacial score (nSPS) is 13.5. The molecule has 2 unspecified atom stereocenters. The van der Waals surface area contributed by atoms with Gasteiger partial charge < -0.3 is 81.0 Å². The standard InChI is InChI=1S/C52H79N13O14/c1-32(34-13-3-2-4-14-34)45(65-43(69)30-59-42(68)29-58-41(67)28-56)51(77)64-40(27-44(70)71)50(76)63-39(52(78)79)18-8-12-26-57-47(73)36(15-5-9-23-53)61-49(75)38(17-7-11-25-55)62-48(74)37(16-6-10-24-54)60-46(72)35-21-19-33(31-66)20-22-35/h2-4,13-14,19-22,31-32,36-40,45H,5-12,15-18,23-30,53-56H2,1H3,(H,57,73)(H,58,67)(H,59,68)(H,60,72)(H,61,75)(H,62,74)(H,63,76)(H,64,77)(H,65,69)(H,70,71)(H,78,79)/t32-,36-,37-,38?,39-,40-,45?/m0/s1. The zero-order valence-electron chi connectivity index (χ0n) is 44.6. The van der Waals surface area contributed by atoms with Gasteiger partial charge in [0.2, 0.25) is 47.3 Å². The molecule has 2 rings (SSSR count). The van der Waals surface area contributed by atoms with Crippen LogP contribution in [0.2, 0.25) is 0 Å². The van der Waals surface area contributed by atoms with Crippen LogP contribution in [-0.2, 0) is 47.9 Å². The van der Waals surface area contributed by atoms with Gasteiger partial charge in [-0.25, -0.2) is 4.79 Å². The molecule has 7 atom stereocenters. The molecule has 2 aromatic carbocycles. The number of aliphatic carboxylic acids is 2. The molecular weight excluding hydrogens is 1030 g/mol. The lowest BCUT2D eigenvalue weighted by molar-refractivity contribution is -0.144. The molecule has 79 heavy (non-hydrogen) atoms. The summed E-state index contributed by atoms with van der Waals surface area (Å²) in [7, 11) is 0. The lowest BCUT2D eigenvalue weighted by atomic mass is 9.92. The van der Waals surface area contributed by atoms with E-state index >= 15 is 0 Å². The number of carboxylic acids is 2. The summed E-state index contributed by atoms with van der Waals surface area (Å²) in [4.78, 5) is 154. The van der Waals surface area contributed by atoms with Crippen molar-refractivity contribution in [3.8, 4) is 0 Å². The van der Waals surface area contributed by atoms with E-state index in [9.17, 15) is 67.7 Å². The highest BCUT2D eigenvalue weighted by molar-refractivity contribution is 5.99. The van der Waals surface area contributed by atoms with Crippen molar-refractivity contribution < 1.29 is 67.7 Å². The Morgan fingerprint density at radius 3 is 1.48 bits per heavy atom. The smallest absolute Gasteiger partial charge is 0.326 e. The lowest BCUT2D eigenvalue weighted by Crippen LogP contribution is -2.58. The highest BCUT2D eigenvalue weighted by atomic mass is 16.4. The average Bonchev–Trinajstić information content (AvgIpc) is 3.44. The summed E-state index contributed by atoms with van der Waals surface area (Å²) in [6, 6.07) is 5.97. The second-order valence-corrected chi connectivity index (χ2v) is 18.6. The average molecular weight is 1110 g/mol. The van der Waals surface area contributed by atoms with Crippen molar-refractivity contribution in [2.45, 2.75) is 133 Å². The van der Waals surface area contributed by atoms with Gasteiger partial charge in [-0.3, -0.25) is 52.7 Å². The van der Waals surface area contributed by atoms with E-state index in [0.29, 0.717) is 75.6 Å². The number of unbranched alkanes of at least 4 members (excludes halogenated alkanes) is 4. The van der Waals surface area contributed by atoms with Crippen LogP contribution >= 0.6 is 0 Å². The van der Waals surface area contributed by atoms with E-state index in [4.69, 9.17) is 22.9 Å². The second-order valence-electron chi connectivity index (χ2n) is 18.6. The van der Waals surface area contributed by atoms with Crippen molar-refractivity contribution >= 4 is 71.4 Å². The fourth-order valence-corrected chi connectivity index (χ4v) is 7.85. The minimum Gasteiger partial charge on any atom is -0.481 e. The maximum absolute atomic E-state index is 13.9. The molecule has 0 saturated carbocycles. The largest absolute Gasteiger partial charge is 0.481 e. The highest BCUT2D eigenvalue weighted by Gasteiger charge is 2.34. The van der Waals surface area contributed by atoms with Crippen LogP contribution in [0.1, 0.15) is 123 Å². The Balaban J connectivity index is 2.16. The number of amides is 9. The number of nitrogens with one attached hydrogen (secondary N) is 9. The number of hydrogen-bond acceptors (Lipinski definition) is 16. The van der Waals surface area contributed by atoms with Gasteiger partial charge in [0.1, 0.15) is 42.5 Å². The summed E-state index contributed by atoms with van der Waals surface area (Å²) in [6.45, 7) is 1.02. The van der Waals surface area contributed by atoms with E-state index in [2.05, 4.69) is 47.9 Å². The van der Waals surface area contributed by atoms with Gasteiger partial charge in [0.15, 0.2) is 0 Å². The molecule has 0 spiro atoms. The van der Waals surface area contributed by atoms with Crippen LogP contribution < -0.4 is 70.8 Å². The van der Waals surface area contributed by atoms with Gasteiger partial charge in [0.05, 0.1) is 26.1 Å². The number of carbonyl (C=O) groups excluding carboxylic acids is 10. The fraction of sp³-hybridized carbons (Fsp3) is 0.538. The summed E-state index contributed by atoms with van der Waals surface area (Å²) in [6.07, 6.45) is 3.11. The van der Waals surface area contributed by atoms with Crippen molar-refractivity contribution in [2.24, 2.45) is 22.9 Å². The minimum atomic E-state index is -1.83. The predicted molar refractivity (Wildman–Crippen MR) is 288 cm³/mol. The summed E-state index contributed by atoms with van der Waals surface area (Å²) < 4.78 is 0. The SMILES string of the molecule is C[C@@H](c1ccccc1)C(NC(=O)CNC(=O)CNC(=O)CN)C(=O)N[C@@H](CC(=O)O)C(=O)N[C@@H](CCCCNC(=O)[C@H](CCCCN)NC(=O)C(CCCCN)NC(=O)[C@H](CCCCN)NC(=O)c1ccc(C=O)cc1)C(=O)O. The molecule has 0 aliphatic heterocycles. The second kappa shape index (κ2) is 37.8. The van der Waals surface area contributed by atoms with Crippen LogP contribution in [0, 0.1) is 0 Å². The Morgan fingerprint density at radius 2 is 0.962 bits per heavy atom. The van der Waals surface area contributed by atoms with E-state index in [-0.39, 0.29) is 57.2 Å². The Hall–Kier alpha value is -7.88. The Bertz CT molecular complexity index is 2330. The first-order valence-corrected chi connectivity index (χ1v) is 26.3. The molecule has 0 radical (unpaired) electrons. The summed E-state index contributed by atoms with van der Waals surface area (Å²) in [5, 5.41) is 42.3. The number of rotatable bonds is 40. The third-order valence-electron chi connectivity index (χ3n) is 12.4. The predicted octanol–water partition coefficient (Wildman–Crippen LogP) is -2.75. The Kier molecular flexibility index (Phi) is 32.2. The van der Waals surface area contributed by atoms with E-state index < -0.39 is 127 Å². The molecule has 2 aromatic rings. The van der Waals surface area contributed by atoms with Gasteiger partial charge in [0, 0.05) is 23.6 Å². The number of carbonyl (C=O) groups is 12. The number of aldehydes is 1. The molecule has 0 heterocycles. The van der Waals surface area contributed by atoms with E-state index in [0.717, 1.165) is 0 Å². The third kappa shape index (κ3) is 26.4.